The molecule has 7 rings (SSSR count). The van der Waals surface area contributed by atoms with Crippen LogP contribution in [0.2, 0.25) is 5.02 Å². The minimum atomic E-state index is -0.644. The molecule has 0 bridgehead atoms. The van der Waals surface area contributed by atoms with Crippen LogP contribution in [0.25, 0.3) is 10.9 Å². The fourth-order valence-electron chi connectivity index (χ4n) is 6.09. The lowest BCUT2D eigenvalue weighted by atomic mass is 9.88. The molecular weight excluding hydrogens is 548 g/mol. The van der Waals surface area contributed by atoms with Gasteiger partial charge in [-0.25, -0.2) is 9.69 Å². The lowest BCUT2D eigenvalue weighted by molar-refractivity contribution is -0.120. The molecule has 7 nitrogen and oxygen atoms in total. The molecule has 2 atom stereocenters. The maximum Gasteiger partial charge on any atom is 0.332 e. The number of urea groups is 1. The molecule has 4 amide bonds. The number of aryl methyl sites for hydroxylation is 1. The predicted octanol–water partition coefficient (Wildman–Crippen LogP) is 6.54. The number of hydrogen-bond donors (Lipinski definition) is 2. The van der Waals surface area contributed by atoms with Crippen molar-refractivity contribution in [1.82, 2.24) is 15.2 Å². The lowest BCUT2D eigenvalue weighted by Crippen LogP contribution is -2.44. The molecule has 2 aliphatic rings. The first-order chi connectivity index (χ1) is 20.4. The van der Waals surface area contributed by atoms with Crippen molar-refractivity contribution in [2.24, 2.45) is 0 Å². The minimum absolute atomic E-state index is 0.274. The van der Waals surface area contributed by atoms with Gasteiger partial charge >= 0.3 is 6.03 Å². The topological polar surface area (TPSA) is 85.5 Å². The molecule has 42 heavy (non-hydrogen) atoms. The SMILES string of the molecule is Cc1ccc([C@H]2c3[nH]c4ccccc4c3C[C@H]3C(=O)N(c4ccc(C(=O)NCc5ccccc5Cl)cc4)C(=O)N23)cc1. The Morgan fingerprint density at radius 2 is 1.64 bits per heavy atom. The Hall–Kier alpha value is -4.88. The zero-order chi connectivity index (χ0) is 29.0. The Morgan fingerprint density at radius 1 is 0.929 bits per heavy atom. The standard InChI is InChI=1S/C34H27ClN4O3/c1-20-10-12-21(13-11-20)31-30-26(25-7-3-5-9-28(25)37-30)18-29-33(41)38(34(42)39(29)31)24-16-14-22(15-17-24)32(40)36-19-23-6-2-4-8-27(23)35/h2-17,29,31,37H,18-19H2,1H3,(H,36,40)/t29-,31-/m0/s1. The van der Waals surface area contributed by atoms with E-state index in [9.17, 15) is 14.4 Å². The van der Waals surface area contributed by atoms with Crippen molar-refractivity contribution in [2.75, 3.05) is 4.90 Å². The second-order valence-corrected chi connectivity index (χ2v) is 11.2. The first-order valence-corrected chi connectivity index (χ1v) is 14.2. The number of rotatable bonds is 5. The zero-order valence-corrected chi connectivity index (χ0v) is 23.6. The van der Waals surface area contributed by atoms with Gasteiger partial charge in [0.2, 0.25) is 0 Å². The van der Waals surface area contributed by atoms with E-state index >= 15 is 0 Å². The lowest BCUT2D eigenvalue weighted by Gasteiger charge is -2.36. The highest BCUT2D eigenvalue weighted by Crippen LogP contribution is 2.44. The summed E-state index contributed by atoms with van der Waals surface area (Å²) in [5.74, 6) is -0.549. The normalized spacial score (nSPS) is 17.9. The Balaban J connectivity index is 1.19. The monoisotopic (exact) mass is 574 g/mol. The number of aromatic nitrogens is 1. The molecular formula is C34H27ClN4O3. The molecule has 1 fully saturated rings. The third kappa shape index (κ3) is 4.25. The smallest absolute Gasteiger partial charge is 0.332 e. The van der Waals surface area contributed by atoms with E-state index in [0.29, 0.717) is 22.7 Å². The van der Waals surface area contributed by atoms with Crippen molar-refractivity contribution in [2.45, 2.75) is 32.0 Å². The number of fused-ring (bicyclic) bond motifs is 4. The molecule has 4 aromatic carbocycles. The van der Waals surface area contributed by atoms with Gasteiger partial charge in [0.05, 0.1) is 5.69 Å². The summed E-state index contributed by atoms with van der Waals surface area (Å²) in [6.07, 6.45) is 0.422. The number of carbonyl (C=O) groups is 3. The maximum atomic E-state index is 14.1. The van der Waals surface area contributed by atoms with Crippen molar-refractivity contribution in [3.8, 4) is 0 Å². The van der Waals surface area contributed by atoms with Crippen LogP contribution in [0, 0.1) is 6.92 Å². The maximum absolute atomic E-state index is 14.1. The summed E-state index contributed by atoms with van der Waals surface area (Å²) in [6, 6.07) is 28.6. The number of imide groups is 1. The van der Waals surface area contributed by atoms with E-state index in [2.05, 4.69) is 16.4 Å². The van der Waals surface area contributed by atoms with Crippen LogP contribution in [0.15, 0.2) is 97.1 Å². The average Bonchev–Trinajstić information content (AvgIpc) is 3.50. The van der Waals surface area contributed by atoms with Gasteiger partial charge in [-0.2, -0.15) is 0 Å². The van der Waals surface area contributed by atoms with Crippen molar-refractivity contribution in [3.63, 3.8) is 0 Å². The predicted molar refractivity (Wildman–Crippen MR) is 163 cm³/mol. The number of nitrogens with zero attached hydrogens (tertiary/aromatic N) is 2. The largest absolute Gasteiger partial charge is 0.356 e. The number of nitrogens with one attached hydrogen (secondary N) is 2. The van der Waals surface area contributed by atoms with Gasteiger partial charge in [-0.3, -0.25) is 14.5 Å². The molecule has 0 unspecified atom stereocenters. The van der Waals surface area contributed by atoms with Crippen LogP contribution in [0.3, 0.4) is 0 Å². The van der Waals surface area contributed by atoms with Gasteiger partial charge in [0, 0.05) is 40.1 Å². The minimum Gasteiger partial charge on any atom is -0.356 e. The number of H-pyrrole nitrogens is 1. The average molecular weight is 575 g/mol. The van der Waals surface area contributed by atoms with Crippen LogP contribution in [-0.4, -0.2) is 33.8 Å². The molecule has 1 saturated heterocycles. The van der Waals surface area contributed by atoms with Crippen LogP contribution in [-0.2, 0) is 17.8 Å². The molecule has 5 aromatic rings. The van der Waals surface area contributed by atoms with Crippen LogP contribution in [0.4, 0.5) is 10.5 Å². The van der Waals surface area contributed by atoms with Crippen molar-refractivity contribution < 1.29 is 14.4 Å². The quantitative estimate of drug-likeness (QED) is 0.234. The van der Waals surface area contributed by atoms with E-state index in [1.807, 2.05) is 67.6 Å². The molecule has 2 aliphatic heterocycles. The summed E-state index contributed by atoms with van der Waals surface area (Å²) in [5, 5.41) is 4.52. The molecule has 0 spiro atoms. The number of aromatic amines is 1. The number of anilines is 1. The summed E-state index contributed by atoms with van der Waals surface area (Å²) in [7, 11) is 0. The van der Waals surface area contributed by atoms with Crippen LogP contribution in [0.1, 0.15) is 44.3 Å². The second-order valence-electron chi connectivity index (χ2n) is 10.8. The highest BCUT2D eigenvalue weighted by Gasteiger charge is 2.53. The Labute approximate surface area is 247 Å². The van der Waals surface area contributed by atoms with Gasteiger partial charge in [-0.1, -0.05) is 77.8 Å². The number of amides is 4. The van der Waals surface area contributed by atoms with E-state index in [1.54, 1.807) is 35.2 Å². The van der Waals surface area contributed by atoms with Gasteiger partial charge in [-0.05, 0) is 60.0 Å². The third-order valence-electron chi connectivity index (χ3n) is 8.23. The Morgan fingerprint density at radius 3 is 2.40 bits per heavy atom. The molecule has 1 aromatic heterocycles. The van der Waals surface area contributed by atoms with E-state index < -0.39 is 12.1 Å². The number of hydrogen-bond acceptors (Lipinski definition) is 3. The number of halogens is 1. The summed E-state index contributed by atoms with van der Waals surface area (Å²) in [4.78, 5) is 47.3. The summed E-state index contributed by atoms with van der Waals surface area (Å²) >= 11 is 6.21. The summed E-state index contributed by atoms with van der Waals surface area (Å²) < 4.78 is 0. The molecule has 0 saturated carbocycles. The molecule has 208 valence electrons. The van der Waals surface area contributed by atoms with Crippen LogP contribution < -0.4 is 10.2 Å². The molecule has 3 heterocycles. The third-order valence-corrected chi connectivity index (χ3v) is 8.60. The first-order valence-electron chi connectivity index (χ1n) is 13.8. The van der Waals surface area contributed by atoms with E-state index in [4.69, 9.17) is 11.6 Å². The highest BCUT2D eigenvalue weighted by atomic mass is 35.5. The van der Waals surface area contributed by atoms with Crippen molar-refractivity contribution in [3.05, 3.63) is 136 Å². The van der Waals surface area contributed by atoms with Crippen LogP contribution >= 0.6 is 11.6 Å². The number of carbonyl (C=O) groups excluding carboxylic acids is 3. The highest BCUT2D eigenvalue weighted by molar-refractivity contribution is 6.31. The van der Waals surface area contributed by atoms with Gasteiger partial charge < -0.3 is 10.3 Å². The fraction of sp³-hybridized carbons (Fsp3) is 0.147. The summed E-state index contributed by atoms with van der Waals surface area (Å²) in [5.41, 5.74) is 6.70. The Kier molecular flexibility index (Phi) is 6.32. The Bertz CT molecular complexity index is 1860. The van der Waals surface area contributed by atoms with Gasteiger partial charge in [0.1, 0.15) is 12.1 Å². The van der Waals surface area contributed by atoms with Crippen molar-refractivity contribution in [1.29, 1.82) is 0 Å². The molecule has 8 heteroatoms. The fourth-order valence-corrected chi connectivity index (χ4v) is 6.29. The van der Waals surface area contributed by atoms with E-state index in [1.165, 1.54) is 4.90 Å². The number of para-hydroxylation sites is 1. The molecule has 2 N–H and O–H groups in total. The summed E-state index contributed by atoms with van der Waals surface area (Å²) in [6.45, 7) is 2.31. The second kappa shape index (κ2) is 10.2. The first kappa shape index (κ1) is 26.0. The van der Waals surface area contributed by atoms with Gasteiger partial charge in [-0.15, -0.1) is 0 Å². The zero-order valence-electron chi connectivity index (χ0n) is 22.8. The van der Waals surface area contributed by atoms with Gasteiger partial charge in [0.25, 0.3) is 11.8 Å². The van der Waals surface area contributed by atoms with Gasteiger partial charge in [0.15, 0.2) is 0 Å². The molecule has 0 radical (unpaired) electrons. The number of benzene rings is 4. The van der Waals surface area contributed by atoms with E-state index in [0.717, 1.165) is 38.9 Å². The molecule has 0 aliphatic carbocycles. The van der Waals surface area contributed by atoms with E-state index in [-0.39, 0.29) is 24.4 Å². The van der Waals surface area contributed by atoms with Crippen molar-refractivity contribution >= 4 is 46.0 Å². The van der Waals surface area contributed by atoms with Crippen LogP contribution in [0.5, 0.6) is 0 Å².